The number of anilines is 1. The quantitative estimate of drug-likeness (QED) is 0.881. The molecular formula is C10H17N3O2S2. The number of thiazole rings is 1. The van der Waals surface area contributed by atoms with Crippen molar-refractivity contribution in [2.75, 3.05) is 5.32 Å². The second-order valence-corrected chi connectivity index (χ2v) is 7.59. The van der Waals surface area contributed by atoms with Gasteiger partial charge in [0.2, 0.25) is 10.0 Å². The minimum Gasteiger partial charge on any atom is -0.356 e. The second-order valence-electron chi connectivity index (χ2n) is 4.83. The maximum atomic E-state index is 11.3. The van der Waals surface area contributed by atoms with Crippen LogP contribution in [0.2, 0.25) is 0 Å². The Morgan fingerprint density at radius 2 is 2.00 bits per heavy atom. The molecule has 0 atom stereocenters. The summed E-state index contributed by atoms with van der Waals surface area (Å²) in [5, 5.41) is 9.11. The number of hydrogen-bond acceptors (Lipinski definition) is 5. The van der Waals surface area contributed by atoms with Crippen molar-refractivity contribution in [1.29, 1.82) is 0 Å². The SMILES string of the molecule is Cc1nc(NC2(C)CCCC2)sc1S(N)(=O)=O. The summed E-state index contributed by atoms with van der Waals surface area (Å²) >= 11 is 1.12. The van der Waals surface area contributed by atoms with Crippen LogP contribution >= 0.6 is 11.3 Å². The zero-order chi connectivity index (χ0) is 12.7. The summed E-state index contributed by atoms with van der Waals surface area (Å²) < 4.78 is 22.8. The topological polar surface area (TPSA) is 85.1 Å². The number of nitrogens with one attached hydrogen (secondary N) is 1. The normalized spacial score (nSPS) is 19.5. The van der Waals surface area contributed by atoms with Gasteiger partial charge in [-0.05, 0) is 26.7 Å². The van der Waals surface area contributed by atoms with Gasteiger partial charge in [0.1, 0.15) is 0 Å². The van der Waals surface area contributed by atoms with Crippen LogP contribution in [0.5, 0.6) is 0 Å². The largest absolute Gasteiger partial charge is 0.356 e. The Bertz CT molecular complexity index is 516. The lowest BCUT2D eigenvalue weighted by Crippen LogP contribution is -2.30. The van der Waals surface area contributed by atoms with E-state index < -0.39 is 10.0 Å². The van der Waals surface area contributed by atoms with Crippen LogP contribution in [0.25, 0.3) is 0 Å². The van der Waals surface area contributed by atoms with Gasteiger partial charge in [0.05, 0.1) is 5.69 Å². The van der Waals surface area contributed by atoms with Gasteiger partial charge in [-0.25, -0.2) is 18.5 Å². The zero-order valence-electron chi connectivity index (χ0n) is 9.99. The van der Waals surface area contributed by atoms with Crippen LogP contribution in [0.4, 0.5) is 5.13 Å². The number of sulfonamides is 1. The van der Waals surface area contributed by atoms with Gasteiger partial charge in [0, 0.05) is 5.54 Å². The highest BCUT2D eigenvalue weighted by Crippen LogP contribution is 2.35. The molecule has 0 aromatic carbocycles. The lowest BCUT2D eigenvalue weighted by Gasteiger charge is -2.24. The lowest BCUT2D eigenvalue weighted by molar-refractivity contribution is 0.533. The summed E-state index contributed by atoms with van der Waals surface area (Å²) in [6.45, 7) is 3.81. The molecule has 96 valence electrons. The molecule has 3 N–H and O–H groups in total. The van der Waals surface area contributed by atoms with Crippen molar-refractivity contribution in [1.82, 2.24) is 4.98 Å². The summed E-state index contributed by atoms with van der Waals surface area (Å²) in [4.78, 5) is 4.23. The van der Waals surface area contributed by atoms with E-state index in [1.165, 1.54) is 12.8 Å². The lowest BCUT2D eigenvalue weighted by atomic mass is 10.0. The Balaban J connectivity index is 2.24. The van der Waals surface area contributed by atoms with Crippen LogP contribution in [0, 0.1) is 6.92 Å². The Morgan fingerprint density at radius 1 is 1.41 bits per heavy atom. The van der Waals surface area contributed by atoms with E-state index in [1.54, 1.807) is 6.92 Å². The minimum absolute atomic E-state index is 0.0416. The van der Waals surface area contributed by atoms with Gasteiger partial charge in [-0.15, -0.1) is 0 Å². The van der Waals surface area contributed by atoms with Gasteiger partial charge < -0.3 is 5.32 Å². The van der Waals surface area contributed by atoms with Crippen LogP contribution in [-0.4, -0.2) is 18.9 Å². The number of rotatable bonds is 3. The molecule has 0 saturated heterocycles. The van der Waals surface area contributed by atoms with Gasteiger partial charge in [0.15, 0.2) is 9.34 Å². The molecule has 17 heavy (non-hydrogen) atoms. The molecule has 1 aromatic rings. The number of primary sulfonamides is 1. The summed E-state index contributed by atoms with van der Waals surface area (Å²) in [7, 11) is -3.65. The molecule has 0 radical (unpaired) electrons. The fraction of sp³-hybridized carbons (Fsp3) is 0.700. The second kappa shape index (κ2) is 4.22. The molecule has 1 fully saturated rings. The van der Waals surface area contributed by atoms with E-state index in [0.717, 1.165) is 24.2 Å². The molecule has 0 spiro atoms. The highest BCUT2D eigenvalue weighted by Gasteiger charge is 2.30. The van der Waals surface area contributed by atoms with E-state index >= 15 is 0 Å². The van der Waals surface area contributed by atoms with Crippen molar-refractivity contribution in [2.24, 2.45) is 5.14 Å². The smallest absolute Gasteiger partial charge is 0.249 e. The standard InChI is InChI=1S/C10H17N3O2S2/c1-7-8(17(11,14)15)16-9(12-7)13-10(2)5-3-4-6-10/h3-6H2,1-2H3,(H,12,13)(H2,11,14,15). The summed E-state index contributed by atoms with van der Waals surface area (Å²) in [6.07, 6.45) is 4.60. The van der Waals surface area contributed by atoms with Crippen LogP contribution < -0.4 is 10.5 Å². The third-order valence-corrected chi connectivity index (χ3v) is 5.75. The Morgan fingerprint density at radius 3 is 2.47 bits per heavy atom. The fourth-order valence-corrected chi connectivity index (χ4v) is 4.25. The monoisotopic (exact) mass is 275 g/mol. The van der Waals surface area contributed by atoms with E-state index in [1.807, 2.05) is 0 Å². The number of aryl methyl sites for hydroxylation is 1. The molecule has 1 saturated carbocycles. The van der Waals surface area contributed by atoms with Gasteiger partial charge in [-0.2, -0.15) is 0 Å². The van der Waals surface area contributed by atoms with Crippen LogP contribution in [-0.2, 0) is 10.0 Å². The first kappa shape index (κ1) is 12.8. The molecule has 7 heteroatoms. The molecule has 5 nitrogen and oxygen atoms in total. The van der Waals surface area contributed by atoms with E-state index in [-0.39, 0.29) is 9.75 Å². The minimum atomic E-state index is -3.65. The van der Waals surface area contributed by atoms with Crippen molar-refractivity contribution in [2.45, 2.75) is 49.3 Å². The average Bonchev–Trinajstić information content (AvgIpc) is 2.72. The van der Waals surface area contributed by atoms with Crippen molar-refractivity contribution in [3.05, 3.63) is 5.69 Å². The van der Waals surface area contributed by atoms with Crippen molar-refractivity contribution in [3.8, 4) is 0 Å². The summed E-state index contributed by atoms with van der Waals surface area (Å²) in [5.41, 5.74) is 0.515. The Hall–Kier alpha value is -0.660. The Labute approximate surface area is 105 Å². The molecule has 1 aromatic heterocycles. The number of aromatic nitrogens is 1. The van der Waals surface area contributed by atoms with E-state index in [2.05, 4.69) is 17.2 Å². The van der Waals surface area contributed by atoms with Gasteiger partial charge in [0.25, 0.3) is 0 Å². The molecule has 0 bridgehead atoms. The van der Waals surface area contributed by atoms with Crippen LogP contribution in [0.1, 0.15) is 38.3 Å². The maximum absolute atomic E-state index is 11.3. The van der Waals surface area contributed by atoms with E-state index in [4.69, 9.17) is 5.14 Å². The third kappa shape index (κ3) is 2.78. The first-order valence-electron chi connectivity index (χ1n) is 5.59. The molecule has 0 unspecified atom stereocenters. The molecule has 0 amide bonds. The van der Waals surface area contributed by atoms with Crippen molar-refractivity contribution >= 4 is 26.5 Å². The molecule has 1 aliphatic carbocycles. The number of nitrogens with two attached hydrogens (primary N) is 1. The molecular weight excluding hydrogens is 258 g/mol. The van der Waals surface area contributed by atoms with Gasteiger partial charge in [-0.3, -0.25) is 0 Å². The van der Waals surface area contributed by atoms with Crippen molar-refractivity contribution in [3.63, 3.8) is 0 Å². The maximum Gasteiger partial charge on any atom is 0.249 e. The van der Waals surface area contributed by atoms with Gasteiger partial charge >= 0.3 is 0 Å². The first-order valence-corrected chi connectivity index (χ1v) is 7.95. The van der Waals surface area contributed by atoms with E-state index in [9.17, 15) is 8.42 Å². The highest BCUT2D eigenvalue weighted by molar-refractivity contribution is 7.91. The highest BCUT2D eigenvalue weighted by atomic mass is 32.2. The molecule has 2 rings (SSSR count). The molecule has 0 aliphatic heterocycles. The number of nitrogens with zero attached hydrogens (tertiary/aromatic N) is 1. The van der Waals surface area contributed by atoms with E-state index in [0.29, 0.717) is 10.8 Å². The fourth-order valence-electron chi connectivity index (χ4n) is 2.24. The predicted molar refractivity (Wildman–Crippen MR) is 68.7 cm³/mol. The van der Waals surface area contributed by atoms with Crippen molar-refractivity contribution < 1.29 is 8.42 Å². The van der Waals surface area contributed by atoms with Gasteiger partial charge in [-0.1, -0.05) is 24.2 Å². The Kier molecular flexibility index (Phi) is 3.17. The molecule has 1 aliphatic rings. The first-order chi connectivity index (χ1) is 7.80. The predicted octanol–water partition coefficient (Wildman–Crippen LogP) is 1.84. The van der Waals surface area contributed by atoms with Crippen LogP contribution in [0.3, 0.4) is 0 Å². The molecule has 1 heterocycles. The number of hydrogen-bond donors (Lipinski definition) is 2. The summed E-state index contributed by atoms with van der Waals surface area (Å²) in [5.74, 6) is 0. The summed E-state index contributed by atoms with van der Waals surface area (Å²) in [6, 6.07) is 0. The third-order valence-electron chi connectivity index (χ3n) is 3.13. The van der Waals surface area contributed by atoms with Crippen LogP contribution in [0.15, 0.2) is 4.21 Å². The zero-order valence-corrected chi connectivity index (χ0v) is 11.6. The average molecular weight is 275 g/mol.